The van der Waals surface area contributed by atoms with Crippen LogP contribution >= 0.6 is 15.9 Å². The Morgan fingerprint density at radius 2 is 2.21 bits per heavy atom. The molecule has 2 atom stereocenters. The number of hydrogen-bond donors (Lipinski definition) is 2. The molecule has 1 saturated carbocycles. The summed E-state index contributed by atoms with van der Waals surface area (Å²) in [4.78, 5) is 26.0. The van der Waals surface area contributed by atoms with Crippen LogP contribution in [0.3, 0.4) is 0 Å². The topological polar surface area (TPSA) is 78.9 Å². The van der Waals surface area contributed by atoms with Gasteiger partial charge in [-0.15, -0.1) is 0 Å². The summed E-state index contributed by atoms with van der Waals surface area (Å²) in [7, 11) is 1.55. The minimum absolute atomic E-state index is 0.0497. The van der Waals surface area contributed by atoms with Crippen molar-refractivity contribution in [2.75, 3.05) is 25.5 Å². The Morgan fingerprint density at radius 3 is 2.83 bits per heavy atom. The third kappa shape index (κ3) is 2.75. The van der Waals surface area contributed by atoms with Crippen LogP contribution < -0.4 is 10.1 Å². The lowest BCUT2D eigenvalue weighted by Gasteiger charge is -2.24. The van der Waals surface area contributed by atoms with Crippen LogP contribution in [-0.2, 0) is 4.79 Å². The van der Waals surface area contributed by atoms with Crippen molar-refractivity contribution in [3.05, 3.63) is 22.2 Å². The third-order valence-corrected chi connectivity index (χ3v) is 5.76. The number of nitrogens with one attached hydrogen (secondary N) is 1. The van der Waals surface area contributed by atoms with Crippen LogP contribution in [0.15, 0.2) is 16.6 Å². The van der Waals surface area contributed by atoms with E-state index in [-0.39, 0.29) is 18.5 Å². The molecule has 2 fully saturated rings. The quantitative estimate of drug-likeness (QED) is 0.819. The van der Waals surface area contributed by atoms with Gasteiger partial charge in [0, 0.05) is 17.6 Å². The normalized spacial score (nSPS) is 25.5. The predicted octanol–water partition coefficient (Wildman–Crippen LogP) is 3.48. The van der Waals surface area contributed by atoms with Crippen LogP contribution in [0.25, 0.3) is 0 Å². The Hall–Kier alpha value is -1.76. The molecule has 0 unspecified atom stereocenters. The average molecular weight is 397 g/mol. The summed E-state index contributed by atoms with van der Waals surface area (Å²) in [5.41, 5.74) is 0.727. The molecule has 0 bridgehead atoms. The number of aryl methyl sites for hydroxylation is 1. The molecule has 2 N–H and O–H groups in total. The zero-order valence-corrected chi connectivity index (χ0v) is 15.4. The zero-order chi connectivity index (χ0) is 17.5. The maximum Gasteiger partial charge on any atom is 0.321 e. The summed E-state index contributed by atoms with van der Waals surface area (Å²) in [5.74, 6) is -0.158. The second-order valence-electron chi connectivity index (χ2n) is 6.66. The maximum atomic E-state index is 12.7. The Kier molecular flexibility index (Phi) is 4.46. The van der Waals surface area contributed by atoms with Gasteiger partial charge in [0.05, 0.1) is 18.2 Å². The highest BCUT2D eigenvalue weighted by Crippen LogP contribution is 2.49. The van der Waals surface area contributed by atoms with Gasteiger partial charge in [0.2, 0.25) is 0 Å². The molecule has 1 aromatic rings. The van der Waals surface area contributed by atoms with Gasteiger partial charge in [0.1, 0.15) is 5.75 Å². The minimum Gasteiger partial charge on any atom is -0.495 e. The zero-order valence-electron chi connectivity index (χ0n) is 13.8. The second kappa shape index (κ2) is 6.27. The number of benzene rings is 1. The van der Waals surface area contributed by atoms with Crippen LogP contribution in [0.2, 0.25) is 0 Å². The van der Waals surface area contributed by atoms with Gasteiger partial charge >= 0.3 is 12.0 Å². The molecule has 6 nitrogen and oxygen atoms in total. The van der Waals surface area contributed by atoms with Crippen molar-refractivity contribution >= 4 is 33.6 Å². The molecule has 1 aliphatic heterocycles. The van der Waals surface area contributed by atoms with Crippen molar-refractivity contribution in [3.8, 4) is 5.75 Å². The van der Waals surface area contributed by atoms with Gasteiger partial charge < -0.3 is 20.1 Å². The first-order valence-electron chi connectivity index (χ1n) is 8.01. The molecule has 0 aromatic heterocycles. The summed E-state index contributed by atoms with van der Waals surface area (Å²) in [6.07, 6.45) is 2.44. The molecule has 0 radical (unpaired) electrons. The van der Waals surface area contributed by atoms with E-state index in [1.54, 1.807) is 18.1 Å². The van der Waals surface area contributed by atoms with Crippen LogP contribution in [0.5, 0.6) is 5.75 Å². The number of nitrogens with zero attached hydrogens (tertiary/aromatic N) is 1. The fraction of sp³-hybridized carbons (Fsp3) is 0.529. The fourth-order valence-electron chi connectivity index (χ4n) is 4.01. The van der Waals surface area contributed by atoms with E-state index in [2.05, 4.69) is 21.2 Å². The van der Waals surface area contributed by atoms with Crippen molar-refractivity contribution in [1.29, 1.82) is 0 Å². The molecule has 1 aromatic carbocycles. The number of carboxylic acid groups (broad SMARTS) is 1. The van der Waals surface area contributed by atoms with E-state index in [0.717, 1.165) is 22.9 Å². The van der Waals surface area contributed by atoms with Gasteiger partial charge in [0.25, 0.3) is 0 Å². The van der Waals surface area contributed by atoms with E-state index < -0.39 is 11.4 Å². The highest BCUT2D eigenvalue weighted by atomic mass is 79.9. The summed E-state index contributed by atoms with van der Waals surface area (Å²) in [6, 6.07) is 3.42. The Labute approximate surface area is 149 Å². The molecule has 130 valence electrons. The summed E-state index contributed by atoms with van der Waals surface area (Å²) in [6.45, 7) is 2.66. The number of likely N-dealkylation sites (tertiary alicyclic amines) is 1. The van der Waals surface area contributed by atoms with Crippen LogP contribution in [0.1, 0.15) is 24.8 Å². The molecule has 1 aliphatic carbocycles. The number of rotatable bonds is 3. The largest absolute Gasteiger partial charge is 0.495 e. The lowest BCUT2D eigenvalue weighted by atomic mass is 9.81. The molecule has 24 heavy (non-hydrogen) atoms. The summed E-state index contributed by atoms with van der Waals surface area (Å²) >= 11 is 3.41. The maximum absolute atomic E-state index is 12.7. The first kappa shape index (κ1) is 17.1. The van der Waals surface area contributed by atoms with Crippen molar-refractivity contribution in [2.45, 2.75) is 26.2 Å². The number of carbonyl (C=O) groups is 2. The van der Waals surface area contributed by atoms with Crippen molar-refractivity contribution in [2.24, 2.45) is 11.3 Å². The van der Waals surface area contributed by atoms with Crippen LogP contribution in [0.4, 0.5) is 10.5 Å². The molecule has 0 spiro atoms. The number of amides is 2. The number of anilines is 1. The van der Waals surface area contributed by atoms with E-state index in [1.165, 1.54) is 0 Å². The number of carbonyl (C=O) groups excluding carboxylic acids is 1. The molecule has 2 aliphatic rings. The van der Waals surface area contributed by atoms with E-state index in [4.69, 9.17) is 4.74 Å². The number of methoxy groups -OCH3 is 1. The SMILES string of the molecule is COc1cc(Br)cc(C)c1NC(=O)N1C[C@@H]2CCC[C@@]2(C(=O)O)C1. The highest BCUT2D eigenvalue weighted by Gasteiger charge is 2.55. The number of fused-ring (bicyclic) bond motifs is 1. The standard InChI is InChI=1S/C17H21BrN2O4/c1-10-6-12(18)7-13(24-2)14(10)19-16(23)20-8-11-4-3-5-17(11,9-20)15(21)22/h6-7,11H,3-5,8-9H2,1-2H3,(H,19,23)(H,21,22)/t11-,17+/m0/s1. The monoisotopic (exact) mass is 396 g/mol. The highest BCUT2D eigenvalue weighted by molar-refractivity contribution is 9.10. The lowest BCUT2D eigenvalue weighted by Crippen LogP contribution is -2.38. The van der Waals surface area contributed by atoms with Crippen molar-refractivity contribution in [3.63, 3.8) is 0 Å². The van der Waals surface area contributed by atoms with Crippen molar-refractivity contribution in [1.82, 2.24) is 4.90 Å². The Morgan fingerprint density at radius 1 is 1.46 bits per heavy atom. The predicted molar refractivity (Wildman–Crippen MR) is 93.4 cm³/mol. The van der Waals surface area contributed by atoms with Crippen molar-refractivity contribution < 1.29 is 19.4 Å². The number of halogens is 1. The third-order valence-electron chi connectivity index (χ3n) is 5.30. The number of hydrogen-bond acceptors (Lipinski definition) is 3. The van der Waals surface area contributed by atoms with Gasteiger partial charge in [-0.3, -0.25) is 4.79 Å². The number of aliphatic carboxylic acids is 1. The Bertz CT molecular complexity index is 693. The summed E-state index contributed by atoms with van der Waals surface area (Å²) in [5, 5.41) is 12.5. The molecule has 7 heteroatoms. The Balaban J connectivity index is 1.79. The minimum atomic E-state index is -0.780. The second-order valence-corrected chi connectivity index (χ2v) is 7.58. The average Bonchev–Trinajstić information content (AvgIpc) is 3.07. The van der Waals surface area contributed by atoms with E-state index in [0.29, 0.717) is 24.4 Å². The van der Waals surface area contributed by atoms with E-state index in [9.17, 15) is 14.7 Å². The fourth-order valence-corrected chi connectivity index (χ4v) is 4.56. The number of urea groups is 1. The lowest BCUT2D eigenvalue weighted by molar-refractivity contribution is -0.149. The first-order chi connectivity index (χ1) is 11.4. The van der Waals surface area contributed by atoms with Gasteiger partial charge in [-0.1, -0.05) is 22.4 Å². The van der Waals surface area contributed by atoms with Gasteiger partial charge in [-0.25, -0.2) is 4.79 Å². The number of carboxylic acids is 1. The molecule has 1 heterocycles. The van der Waals surface area contributed by atoms with E-state index >= 15 is 0 Å². The molecular formula is C17H21BrN2O4. The molecular weight excluding hydrogens is 376 g/mol. The van der Waals surface area contributed by atoms with Gasteiger partial charge in [0.15, 0.2) is 0 Å². The number of ether oxygens (including phenoxy) is 1. The first-order valence-corrected chi connectivity index (χ1v) is 8.80. The smallest absolute Gasteiger partial charge is 0.321 e. The molecule has 1 saturated heterocycles. The van der Waals surface area contributed by atoms with Crippen LogP contribution in [-0.4, -0.2) is 42.2 Å². The van der Waals surface area contributed by atoms with Gasteiger partial charge in [-0.05, 0) is 43.4 Å². The van der Waals surface area contributed by atoms with Gasteiger partial charge in [-0.2, -0.15) is 0 Å². The van der Waals surface area contributed by atoms with E-state index in [1.807, 2.05) is 13.0 Å². The summed E-state index contributed by atoms with van der Waals surface area (Å²) < 4.78 is 6.22. The van der Waals surface area contributed by atoms with Crippen LogP contribution in [0, 0.1) is 18.3 Å². The molecule has 2 amide bonds. The molecule has 3 rings (SSSR count).